The average Bonchev–Trinajstić information content (AvgIpc) is 2.63. The second kappa shape index (κ2) is 3.26. The third kappa shape index (κ3) is 1.11. The summed E-state index contributed by atoms with van der Waals surface area (Å²) in [4.78, 5) is 0. The molecule has 2 aromatic carbocycles. The number of rotatable bonds is 1. The number of hydrogen-bond acceptors (Lipinski definition) is 1. The van der Waals surface area contributed by atoms with Crippen LogP contribution in [0.15, 0.2) is 60.7 Å². The standard InChI is InChI=1S/C17H15N/c1-17-11-13(12-7-3-2-4-8-12)16(17)18-15-10-6-5-9-14(15)17/h2-11,16,18H,1H3. The highest BCUT2D eigenvalue weighted by atomic mass is 15.0. The molecule has 2 atom stereocenters. The molecular weight excluding hydrogens is 218 g/mol. The van der Waals surface area contributed by atoms with E-state index < -0.39 is 0 Å². The fourth-order valence-corrected chi connectivity index (χ4v) is 3.29. The van der Waals surface area contributed by atoms with Crippen LogP contribution < -0.4 is 5.32 Å². The minimum absolute atomic E-state index is 0.168. The summed E-state index contributed by atoms with van der Waals surface area (Å²) in [5.41, 5.74) is 5.64. The number of fused-ring (bicyclic) bond motifs is 3. The van der Waals surface area contributed by atoms with Gasteiger partial charge in [0, 0.05) is 11.1 Å². The lowest BCUT2D eigenvalue weighted by molar-refractivity contribution is 0.549. The molecule has 0 saturated carbocycles. The molecule has 2 aliphatic rings. The zero-order valence-corrected chi connectivity index (χ0v) is 10.4. The minimum atomic E-state index is 0.168. The first-order chi connectivity index (χ1) is 8.79. The van der Waals surface area contributed by atoms with E-state index in [-0.39, 0.29) is 5.41 Å². The average molecular weight is 233 g/mol. The van der Waals surface area contributed by atoms with E-state index in [2.05, 4.69) is 72.9 Å². The first-order valence-corrected chi connectivity index (χ1v) is 6.43. The van der Waals surface area contributed by atoms with Crippen LogP contribution in [0.2, 0.25) is 0 Å². The van der Waals surface area contributed by atoms with Gasteiger partial charge in [0.05, 0.1) is 6.04 Å². The second-order valence-corrected chi connectivity index (χ2v) is 5.37. The monoisotopic (exact) mass is 233 g/mol. The van der Waals surface area contributed by atoms with Gasteiger partial charge in [0.1, 0.15) is 0 Å². The lowest BCUT2D eigenvalue weighted by Crippen LogP contribution is -2.43. The zero-order valence-electron chi connectivity index (χ0n) is 10.4. The maximum atomic E-state index is 3.65. The number of anilines is 1. The number of nitrogens with one attached hydrogen (secondary N) is 1. The Morgan fingerprint density at radius 1 is 0.944 bits per heavy atom. The van der Waals surface area contributed by atoms with E-state index in [1.54, 1.807) is 0 Å². The molecule has 1 N–H and O–H groups in total. The van der Waals surface area contributed by atoms with Crippen LogP contribution in [0.4, 0.5) is 5.69 Å². The zero-order chi connectivity index (χ0) is 12.2. The highest BCUT2D eigenvalue weighted by Crippen LogP contribution is 2.53. The van der Waals surface area contributed by atoms with Crippen LogP contribution in [-0.4, -0.2) is 6.04 Å². The van der Waals surface area contributed by atoms with Crippen molar-refractivity contribution >= 4 is 11.3 Å². The van der Waals surface area contributed by atoms with Crippen molar-refractivity contribution in [3.8, 4) is 0 Å². The largest absolute Gasteiger partial charge is 0.377 e. The number of benzene rings is 2. The maximum Gasteiger partial charge on any atom is 0.0646 e. The summed E-state index contributed by atoms with van der Waals surface area (Å²) in [7, 11) is 0. The van der Waals surface area contributed by atoms with Gasteiger partial charge in [0.15, 0.2) is 0 Å². The van der Waals surface area contributed by atoms with Crippen molar-refractivity contribution in [2.75, 3.05) is 5.32 Å². The molecule has 0 amide bonds. The molecule has 0 radical (unpaired) electrons. The Kier molecular flexibility index (Phi) is 1.80. The topological polar surface area (TPSA) is 12.0 Å². The van der Waals surface area contributed by atoms with Gasteiger partial charge in [0.25, 0.3) is 0 Å². The molecule has 88 valence electrons. The summed E-state index contributed by atoms with van der Waals surface area (Å²) < 4.78 is 0. The lowest BCUT2D eigenvalue weighted by atomic mass is 9.64. The lowest BCUT2D eigenvalue weighted by Gasteiger charge is -2.41. The van der Waals surface area contributed by atoms with E-state index >= 15 is 0 Å². The summed E-state index contributed by atoms with van der Waals surface area (Å²) in [5, 5.41) is 3.65. The molecule has 1 aliphatic carbocycles. The summed E-state index contributed by atoms with van der Waals surface area (Å²) in [6.45, 7) is 2.32. The summed E-state index contributed by atoms with van der Waals surface area (Å²) >= 11 is 0. The molecule has 18 heavy (non-hydrogen) atoms. The van der Waals surface area contributed by atoms with E-state index in [0.717, 1.165) is 0 Å². The molecule has 0 aromatic heterocycles. The second-order valence-electron chi connectivity index (χ2n) is 5.37. The van der Waals surface area contributed by atoms with E-state index in [1.165, 1.54) is 22.4 Å². The van der Waals surface area contributed by atoms with Crippen LogP contribution in [0.1, 0.15) is 18.1 Å². The molecular formula is C17H15N. The van der Waals surface area contributed by atoms with Gasteiger partial charge in [-0.3, -0.25) is 0 Å². The van der Waals surface area contributed by atoms with Crippen LogP contribution >= 0.6 is 0 Å². The molecule has 0 spiro atoms. The van der Waals surface area contributed by atoms with Crippen LogP contribution in [0.3, 0.4) is 0 Å². The van der Waals surface area contributed by atoms with Crippen LogP contribution in [0, 0.1) is 0 Å². The Labute approximate surface area is 107 Å². The Hall–Kier alpha value is -2.02. The van der Waals surface area contributed by atoms with Crippen molar-refractivity contribution in [2.24, 2.45) is 0 Å². The smallest absolute Gasteiger partial charge is 0.0646 e. The summed E-state index contributed by atoms with van der Waals surface area (Å²) in [5.74, 6) is 0. The Balaban J connectivity index is 1.80. The third-order valence-electron chi connectivity index (χ3n) is 4.28. The van der Waals surface area contributed by atoms with Crippen molar-refractivity contribution in [2.45, 2.75) is 18.4 Å². The van der Waals surface area contributed by atoms with Crippen LogP contribution in [0.5, 0.6) is 0 Å². The van der Waals surface area contributed by atoms with Crippen molar-refractivity contribution < 1.29 is 0 Å². The highest BCUT2D eigenvalue weighted by Gasteiger charge is 2.50. The molecule has 0 bridgehead atoms. The molecule has 2 unspecified atom stereocenters. The fraction of sp³-hybridized carbons (Fsp3) is 0.176. The van der Waals surface area contributed by atoms with Crippen molar-refractivity contribution in [1.29, 1.82) is 0 Å². The molecule has 1 nitrogen and oxygen atoms in total. The predicted octanol–water partition coefficient (Wildman–Crippen LogP) is 3.84. The Morgan fingerprint density at radius 2 is 1.67 bits per heavy atom. The molecule has 1 aliphatic heterocycles. The van der Waals surface area contributed by atoms with Crippen LogP contribution in [-0.2, 0) is 5.41 Å². The molecule has 0 saturated heterocycles. The van der Waals surface area contributed by atoms with Gasteiger partial charge in [-0.2, -0.15) is 0 Å². The van der Waals surface area contributed by atoms with Gasteiger partial charge in [-0.1, -0.05) is 54.6 Å². The van der Waals surface area contributed by atoms with E-state index in [0.29, 0.717) is 6.04 Å². The molecule has 1 heterocycles. The van der Waals surface area contributed by atoms with Crippen molar-refractivity contribution in [1.82, 2.24) is 0 Å². The number of para-hydroxylation sites is 1. The van der Waals surface area contributed by atoms with Gasteiger partial charge in [0.2, 0.25) is 0 Å². The fourth-order valence-electron chi connectivity index (χ4n) is 3.29. The quantitative estimate of drug-likeness (QED) is 0.789. The van der Waals surface area contributed by atoms with Gasteiger partial charge in [-0.05, 0) is 29.7 Å². The SMILES string of the molecule is CC12C=C(c3ccccc3)C1Nc1ccccc12. The van der Waals surface area contributed by atoms with E-state index in [1.807, 2.05) is 0 Å². The van der Waals surface area contributed by atoms with Crippen molar-refractivity contribution in [3.05, 3.63) is 71.8 Å². The summed E-state index contributed by atoms with van der Waals surface area (Å²) in [6, 6.07) is 19.7. The first kappa shape index (κ1) is 9.95. The first-order valence-electron chi connectivity index (χ1n) is 6.43. The van der Waals surface area contributed by atoms with E-state index in [9.17, 15) is 0 Å². The third-order valence-corrected chi connectivity index (χ3v) is 4.28. The van der Waals surface area contributed by atoms with Crippen molar-refractivity contribution in [3.63, 3.8) is 0 Å². The Bertz CT molecular complexity index is 642. The summed E-state index contributed by atoms with van der Waals surface area (Å²) in [6.07, 6.45) is 2.41. The number of hydrogen-bond donors (Lipinski definition) is 1. The van der Waals surface area contributed by atoms with Gasteiger partial charge in [-0.25, -0.2) is 0 Å². The van der Waals surface area contributed by atoms with Gasteiger partial charge in [-0.15, -0.1) is 0 Å². The molecule has 0 fully saturated rings. The minimum Gasteiger partial charge on any atom is -0.377 e. The maximum absolute atomic E-state index is 3.65. The van der Waals surface area contributed by atoms with Gasteiger partial charge < -0.3 is 5.32 Å². The van der Waals surface area contributed by atoms with Gasteiger partial charge >= 0.3 is 0 Å². The Morgan fingerprint density at radius 3 is 2.50 bits per heavy atom. The molecule has 4 rings (SSSR count). The highest BCUT2D eigenvalue weighted by molar-refractivity contribution is 5.88. The predicted molar refractivity (Wildman–Crippen MR) is 75.6 cm³/mol. The van der Waals surface area contributed by atoms with Crippen LogP contribution in [0.25, 0.3) is 5.57 Å². The molecule has 1 heteroatoms. The molecule has 2 aromatic rings. The van der Waals surface area contributed by atoms with E-state index in [4.69, 9.17) is 0 Å². The normalized spacial score (nSPS) is 27.6.